The summed E-state index contributed by atoms with van der Waals surface area (Å²) < 4.78 is 7.03. The van der Waals surface area contributed by atoms with E-state index in [4.69, 9.17) is 27.9 Å². The molecule has 0 spiro atoms. The molecule has 0 aliphatic heterocycles. The highest BCUT2D eigenvalue weighted by Gasteiger charge is 2.16. The third-order valence-electron chi connectivity index (χ3n) is 2.95. The van der Waals surface area contributed by atoms with Crippen molar-refractivity contribution in [1.82, 2.24) is 4.57 Å². The van der Waals surface area contributed by atoms with Crippen molar-refractivity contribution >= 4 is 56.6 Å². The SMILES string of the molecule is COC(=O)Cn1c(=NC(=O)C(C)C)sc2ccc(Cl)c(Cl)c21. The van der Waals surface area contributed by atoms with Crippen molar-refractivity contribution in [1.29, 1.82) is 0 Å². The number of carbonyl (C=O) groups excluding carboxylic acids is 2. The number of benzene rings is 1. The predicted molar refractivity (Wildman–Crippen MR) is 87.3 cm³/mol. The molecule has 1 amide bonds. The molecule has 1 aromatic heterocycles. The fourth-order valence-electron chi connectivity index (χ4n) is 1.75. The van der Waals surface area contributed by atoms with Crippen LogP contribution in [-0.4, -0.2) is 23.6 Å². The van der Waals surface area contributed by atoms with Crippen LogP contribution in [0, 0.1) is 5.92 Å². The molecule has 2 aromatic rings. The van der Waals surface area contributed by atoms with Crippen LogP contribution in [-0.2, 0) is 20.9 Å². The quantitative estimate of drug-likeness (QED) is 0.789. The number of rotatable bonds is 3. The zero-order chi connectivity index (χ0) is 16.4. The first-order valence-electron chi connectivity index (χ1n) is 6.48. The van der Waals surface area contributed by atoms with Gasteiger partial charge in [0, 0.05) is 5.92 Å². The van der Waals surface area contributed by atoms with Crippen LogP contribution in [0.3, 0.4) is 0 Å². The molecule has 8 heteroatoms. The predicted octanol–water partition coefficient (Wildman–Crippen LogP) is 3.27. The minimum atomic E-state index is -0.464. The second-order valence-corrected chi connectivity index (χ2v) is 6.65. The van der Waals surface area contributed by atoms with Crippen LogP contribution in [0.1, 0.15) is 13.8 Å². The van der Waals surface area contributed by atoms with Crippen LogP contribution in [0.25, 0.3) is 10.2 Å². The zero-order valence-corrected chi connectivity index (χ0v) is 14.6. The van der Waals surface area contributed by atoms with Gasteiger partial charge >= 0.3 is 5.97 Å². The molecule has 0 saturated heterocycles. The van der Waals surface area contributed by atoms with Gasteiger partial charge < -0.3 is 9.30 Å². The number of thiazole rings is 1. The van der Waals surface area contributed by atoms with Gasteiger partial charge in [0.15, 0.2) is 4.80 Å². The number of fused-ring (bicyclic) bond motifs is 1. The molecule has 2 rings (SSSR count). The van der Waals surface area contributed by atoms with Crippen LogP contribution < -0.4 is 4.80 Å². The van der Waals surface area contributed by atoms with Gasteiger partial charge in [-0.1, -0.05) is 48.4 Å². The average Bonchev–Trinajstić information content (AvgIpc) is 2.81. The van der Waals surface area contributed by atoms with Crippen molar-refractivity contribution in [3.05, 3.63) is 27.0 Å². The Labute approximate surface area is 141 Å². The van der Waals surface area contributed by atoms with E-state index >= 15 is 0 Å². The van der Waals surface area contributed by atoms with E-state index in [0.29, 0.717) is 20.4 Å². The molecule has 0 saturated carbocycles. The molecule has 0 fully saturated rings. The van der Waals surface area contributed by atoms with Gasteiger partial charge in [-0.15, -0.1) is 0 Å². The van der Waals surface area contributed by atoms with E-state index in [2.05, 4.69) is 4.99 Å². The van der Waals surface area contributed by atoms with Gasteiger partial charge in [0.2, 0.25) is 0 Å². The van der Waals surface area contributed by atoms with Crippen LogP contribution in [0.2, 0.25) is 10.0 Å². The van der Waals surface area contributed by atoms with Gasteiger partial charge in [-0.3, -0.25) is 9.59 Å². The van der Waals surface area contributed by atoms with E-state index in [9.17, 15) is 9.59 Å². The minimum absolute atomic E-state index is 0.0965. The van der Waals surface area contributed by atoms with Crippen LogP contribution in [0.15, 0.2) is 17.1 Å². The van der Waals surface area contributed by atoms with Crippen molar-refractivity contribution in [3.63, 3.8) is 0 Å². The monoisotopic (exact) mass is 360 g/mol. The first-order chi connectivity index (χ1) is 10.3. The van der Waals surface area contributed by atoms with Gasteiger partial charge in [0.25, 0.3) is 5.91 Å². The number of halogens is 2. The Morgan fingerprint density at radius 1 is 1.36 bits per heavy atom. The number of ether oxygens (including phenoxy) is 1. The highest BCUT2D eigenvalue weighted by Crippen LogP contribution is 2.32. The van der Waals surface area contributed by atoms with E-state index in [0.717, 1.165) is 4.70 Å². The van der Waals surface area contributed by atoms with Crippen molar-refractivity contribution in [3.8, 4) is 0 Å². The molecule has 1 aromatic carbocycles. The summed E-state index contributed by atoms with van der Waals surface area (Å²) in [6.45, 7) is 3.42. The fourth-order valence-corrected chi connectivity index (χ4v) is 3.27. The molecule has 0 atom stereocenters. The maximum absolute atomic E-state index is 11.9. The van der Waals surface area contributed by atoms with Crippen molar-refractivity contribution in [2.45, 2.75) is 20.4 Å². The second-order valence-electron chi connectivity index (χ2n) is 4.86. The summed E-state index contributed by atoms with van der Waals surface area (Å²) in [5.74, 6) is -0.975. The number of carbonyl (C=O) groups is 2. The summed E-state index contributed by atoms with van der Waals surface area (Å²) >= 11 is 13.6. The summed E-state index contributed by atoms with van der Waals surface area (Å²) in [7, 11) is 1.29. The summed E-state index contributed by atoms with van der Waals surface area (Å²) in [6, 6.07) is 3.44. The Bertz CT molecular complexity index is 808. The Kier molecular flexibility index (Phi) is 5.26. The Hall–Kier alpha value is -1.37. The molecule has 0 unspecified atom stereocenters. The fraction of sp³-hybridized carbons (Fsp3) is 0.357. The van der Waals surface area contributed by atoms with Crippen LogP contribution in [0.4, 0.5) is 0 Å². The number of esters is 1. The van der Waals surface area contributed by atoms with Gasteiger partial charge in [0.05, 0.1) is 27.4 Å². The lowest BCUT2D eigenvalue weighted by molar-refractivity contribution is -0.141. The van der Waals surface area contributed by atoms with Gasteiger partial charge in [-0.2, -0.15) is 4.99 Å². The molecule has 0 N–H and O–H groups in total. The van der Waals surface area contributed by atoms with Crippen LogP contribution in [0.5, 0.6) is 0 Å². The third kappa shape index (κ3) is 3.34. The van der Waals surface area contributed by atoms with Crippen molar-refractivity contribution in [2.75, 3.05) is 7.11 Å². The lowest BCUT2D eigenvalue weighted by Gasteiger charge is -2.06. The Morgan fingerprint density at radius 3 is 2.64 bits per heavy atom. The molecule has 5 nitrogen and oxygen atoms in total. The smallest absolute Gasteiger partial charge is 0.325 e. The minimum Gasteiger partial charge on any atom is -0.468 e. The molecular weight excluding hydrogens is 347 g/mol. The molecule has 0 aliphatic carbocycles. The van der Waals surface area contributed by atoms with Crippen molar-refractivity contribution < 1.29 is 14.3 Å². The van der Waals surface area contributed by atoms with E-state index in [1.165, 1.54) is 18.4 Å². The highest BCUT2D eigenvalue weighted by atomic mass is 35.5. The topological polar surface area (TPSA) is 60.7 Å². The Balaban J connectivity index is 2.75. The van der Waals surface area contributed by atoms with E-state index in [1.54, 1.807) is 30.5 Å². The van der Waals surface area contributed by atoms with Gasteiger partial charge in [-0.05, 0) is 12.1 Å². The first kappa shape index (κ1) is 17.0. The molecule has 22 heavy (non-hydrogen) atoms. The number of hydrogen-bond donors (Lipinski definition) is 0. The maximum Gasteiger partial charge on any atom is 0.325 e. The maximum atomic E-state index is 11.9. The molecule has 1 heterocycles. The molecule has 118 valence electrons. The lowest BCUT2D eigenvalue weighted by Crippen LogP contribution is -2.23. The second kappa shape index (κ2) is 6.81. The summed E-state index contributed by atoms with van der Waals surface area (Å²) in [5.41, 5.74) is 0.569. The van der Waals surface area contributed by atoms with Gasteiger partial charge in [0.1, 0.15) is 6.54 Å². The summed E-state index contributed by atoms with van der Waals surface area (Å²) in [5, 5.41) is 0.685. The number of aromatic nitrogens is 1. The number of nitrogens with zero attached hydrogens (tertiary/aromatic N) is 2. The van der Waals surface area contributed by atoms with E-state index in [-0.39, 0.29) is 18.4 Å². The summed E-state index contributed by atoms with van der Waals surface area (Å²) in [4.78, 5) is 28.0. The number of hydrogen-bond acceptors (Lipinski definition) is 4. The molecule has 0 bridgehead atoms. The van der Waals surface area contributed by atoms with Crippen molar-refractivity contribution in [2.24, 2.45) is 10.9 Å². The van der Waals surface area contributed by atoms with E-state index < -0.39 is 5.97 Å². The highest BCUT2D eigenvalue weighted by molar-refractivity contribution is 7.16. The largest absolute Gasteiger partial charge is 0.468 e. The van der Waals surface area contributed by atoms with Crippen LogP contribution >= 0.6 is 34.5 Å². The first-order valence-corrected chi connectivity index (χ1v) is 8.05. The molecule has 0 aliphatic rings. The number of methoxy groups -OCH3 is 1. The van der Waals surface area contributed by atoms with E-state index in [1.807, 2.05) is 0 Å². The molecular formula is C14H14Cl2N2O3S. The number of amides is 1. The summed E-state index contributed by atoms with van der Waals surface area (Å²) in [6.07, 6.45) is 0. The third-order valence-corrected chi connectivity index (χ3v) is 4.79. The lowest BCUT2D eigenvalue weighted by atomic mass is 10.2. The molecule has 0 radical (unpaired) electrons. The zero-order valence-electron chi connectivity index (χ0n) is 12.2. The normalized spacial score (nSPS) is 12.2. The average molecular weight is 361 g/mol. The van der Waals surface area contributed by atoms with Gasteiger partial charge in [-0.25, -0.2) is 0 Å². The Morgan fingerprint density at radius 2 is 2.05 bits per heavy atom. The standard InChI is InChI=1S/C14H14Cl2N2O3S/c1-7(2)13(20)17-14-18(6-10(19)21-3)12-9(22-14)5-4-8(15)11(12)16/h4-5,7H,6H2,1-3H3.